The second kappa shape index (κ2) is 5.01. The van der Waals surface area contributed by atoms with Crippen molar-refractivity contribution in [1.29, 1.82) is 0 Å². The van der Waals surface area contributed by atoms with Crippen LogP contribution in [0.4, 0.5) is 5.69 Å². The van der Waals surface area contributed by atoms with Crippen LogP contribution < -0.4 is 4.90 Å². The number of carboxylic acids is 1. The van der Waals surface area contributed by atoms with Crippen molar-refractivity contribution in [1.82, 2.24) is 0 Å². The molecule has 1 aromatic carbocycles. The van der Waals surface area contributed by atoms with E-state index in [0.29, 0.717) is 5.92 Å². The van der Waals surface area contributed by atoms with E-state index >= 15 is 0 Å². The largest absolute Gasteiger partial charge is 0.479 e. The fourth-order valence-electron chi connectivity index (χ4n) is 3.06. The van der Waals surface area contributed by atoms with E-state index in [0.717, 1.165) is 31.4 Å². The van der Waals surface area contributed by atoms with Crippen LogP contribution in [0.2, 0.25) is 0 Å². The molecule has 98 valence electrons. The molecule has 2 unspecified atom stereocenters. The number of benzene rings is 1. The summed E-state index contributed by atoms with van der Waals surface area (Å²) in [5.41, 5.74) is 0.243. The molecule has 0 saturated heterocycles. The van der Waals surface area contributed by atoms with Crippen LogP contribution >= 0.6 is 0 Å². The Hall–Kier alpha value is -1.51. The third-order valence-electron chi connectivity index (χ3n) is 4.16. The van der Waals surface area contributed by atoms with Crippen molar-refractivity contribution in [3.05, 3.63) is 30.3 Å². The van der Waals surface area contributed by atoms with Crippen molar-refractivity contribution >= 4 is 11.7 Å². The van der Waals surface area contributed by atoms with Crippen molar-refractivity contribution in [3.63, 3.8) is 0 Å². The van der Waals surface area contributed by atoms with Gasteiger partial charge in [0.05, 0.1) is 0 Å². The minimum absolute atomic E-state index is 0.473. The lowest BCUT2D eigenvalue weighted by Gasteiger charge is -2.44. The minimum atomic E-state index is -0.737. The second-order valence-electron chi connectivity index (χ2n) is 5.43. The molecule has 0 aliphatic heterocycles. The predicted molar refractivity (Wildman–Crippen MR) is 72.8 cm³/mol. The van der Waals surface area contributed by atoms with Gasteiger partial charge in [0.15, 0.2) is 0 Å². The molecule has 18 heavy (non-hydrogen) atoms. The maximum Gasteiger partial charge on any atom is 0.329 e. The summed E-state index contributed by atoms with van der Waals surface area (Å²) in [5.74, 6) is -0.221. The summed E-state index contributed by atoms with van der Waals surface area (Å²) in [6.07, 6.45) is 3.59. The van der Waals surface area contributed by atoms with Crippen LogP contribution in [0.15, 0.2) is 30.3 Å². The maximum atomic E-state index is 11.8. The second-order valence-corrected chi connectivity index (χ2v) is 5.43. The number of aliphatic carboxylic acids is 1. The molecular weight excluding hydrogens is 226 g/mol. The van der Waals surface area contributed by atoms with E-state index in [1.165, 1.54) is 0 Å². The summed E-state index contributed by atoms with van der Waals surface area (Å²) < 4.78 is 0. The SMILES string of the molecule is CC1CCCC(C(=O)O)(N(C)c2ccccc2)C1. The van der Waals surface area contributed by atoms with E-state index in [9.17, 15) is 9.90 Å². The highest BCUT2D eigenvalue weighted by atomic mass is 16.4. The van der Waals surface area contributed by atoms with Crippen molar-refractivity contribution < 1.29 is 9.90 Å². The van der Waals surface area contributed by atoms with Gasteiger partial charge >= 0.3 is 5.97 Å². The van der Waals surface area contributed by atoms with Gasteiger partial charge in [-0.1, -0.05) is 38.0 Å². The molecular formula is C15H21NO2. The average molecular weight is 247 g/mol. The Kier molecular flexibility index (Phi) is 3.60. The highest BCUT2D eigenvalue weighted by molar-refractivity contribution is 5.83. The Morgan fingerprint density at radius 3 is 2.61 bits per heavy atom. The first kappa shape index (κ1) is 12.9. The van der Waals surface area contributed by atoms with E-state index in [2.05, 4.69) is 6.92 Å². The molecule has 3 nitrogen and oxygen atoms in total. The van der Waals surface area contributed by atoms with Gasteiger partial charge in [-0.3, -0.25) is 0 Å². The molecule has 0 aromatic heterocycles. The fourth-order valence-corrected chi connectivity index (χ4v) is 3.06. The van der Waals surface area contributed by atoms with Gasteiger partial charge in [0.25, 0.3) is 0 Å². The number of hydrogen-bond acceptors (Lipinski definition) is 2. The molecule has 3 heteroatoms. The van der Waals surface area contributed by atoms with Crippen LogP contribution in [0.25, 0.3) is 0 Å². The third-order valence-corrected chi connectivity index (χ3v) is 4.16. The van der Waals surface area contributed by atoms with Gasteiger partial charge in [0.1, 0.15) is 5.54 Å². The number of nitrogens with zero attached hydrogens (tertiary/aromatic N) is 1. The lowest BCUT2D eigenvalue weighted by Crippen LogP contribution is -2.55. The molecule has 0 radical (unpaired) electrons. The summed E-state index contributed by atoms with van der Waals surface area (Å²) in [6, 6.07) is 9.81. The first-order chi connectivity index (χ1) is 8.56. The maximum absolute atomic E-state index is 11.8. The van der Waals surface area contributed by atoms with E-state index in [1.54, 1.807) is 0 Å². The summed E-state index contributed by atoms with van der Waals surface area (Å²) >= 11 is 0. The zero-order valence-corrected chi connectivity index (χ0v) is 11.1. The fraction of sp³-hybridized carbons (Fsp3) is 0.533. The van der Waals surface area contributed by atoms with Gasteiger partial charge in [-0.2, -0.15) is 0 Å². The highest BCUT2D eigenvalue weighted by Gasteiger charge is 2.45. The predicted octanol–water partition coefficient (Wildman–Crippen LogP) is 3.16. The average Bonchev–Trinajstić information content (AvgIpc) is 2.38. The van der Waals surface area contributed by atoms with Gasteiger partial charge in [0.2, 0.25) is 0 Å². The summed E-state index contributed by atoms with van der Waals surface area (Å²) in [7, 11) is 1.90. The van der Waals surface area contributed by atoms with E-state index < -0.39 is 11.5 Å². The van der Waals surface area contributed by atoms with Gasteiger partial charge in [-0.15, -0.1) is 0 Å². The smallest absolute Gasteiger partial charge is 0.329 e. The van der Waals surface area contributed by atoms with Crippen molar-refractivity contribution in [2.24, 2.45) is 5.92 Å². The molecule has 0 bridgehead atoms. The first-order valence-electron chi connectivity index (χ1n) is 6.58. The van der Waals surface area contributed by atoms with Crippen molar-refractivity contribution in [3.8, 4) is 0 Å². The lowest BCUT2D eigenvalue weighted by atomic mass is 9.75. The highest BCUT2D eigenvalue weighted by Crippen LogP contribution is 2.38. The molecule has 2 atom stereocenters. The van der Waals surface area contributed by atoms with Crippen LogP contribution in [0.5, 0.6) is 0 Å². The van der Waals surface area contributed by atoms with E-state index in [4.69, 9.17) is 0 Å². The van der Waals surface area contributed by atoms with E-state index in [1.807, 2.05) is 42.3 Å². The topological polar surface area (TPSA) is 40.5 Å². The first-order valence-corrected chi connectivity index (χ1v) is 6.58. The minimum Gasteiger partial charge on any atom is -0.479 e. The molecule has 2 rings (SSSR count). The Balaban J connectivity index is 2.33. The number of rotatable bonds is 3. The molecule has 1 aromatic rings. The monoisotopic (exact) mass is 247 g/mol. The Morgan fingerprint density at radius 2 is 2.06 bits per heavy atom. The number of hydrogen-bond donors (Lipinski definition) is 1. The van der Waals surface area contributed by atoms with Gasteiger partial charge in [-0.25, -0.2) is 4.79 Å². The third kappa shape index (κ3) is 2.22. The standard InChI is InChI=1S/C15H21NO2/c1-12-7-6-10-15(11-12,14(17)18)16(2)13-8-4-3-5-9-13/h3-5,8-9,12H,6-7,10-11H2,1-2H3,(H,17,18). The Labute approximate surface area is 108 Å². The van der Waals surface area contributed by atoms with Crippen LogP contribution in [-0.4, -0.2) is 23.7 Å². The van der Waals surface area contributed by atoms with Gasteiger partial charge in [0, 0.05) is 12.7 Å². The molecule has 1 fully saturated rings. The molecule has 1 N–H and O–H groups in total. The van der Waals surface area contributed by atoms with Crippen LogP contribution in [0.1, 0.15) is 32.6 Å². The molecule has 0 heterocycles. The number of para-hydroxylation sites is 1. The number of carbonyl (C=O) groups is 1. The van der Waals surface area contributed by atoms with Crippen LogP contribution in [0.3, 0.4) is 0 Å². The molecule has 1 aliphatic carbocycles. The van der Waals surface area contributed by atoms with Crippen LogP contribution in [0, 0.1) is 5.92 Å². The number of anilines is 1. The molecule has 0 spiro atoms. The van der Waals surface area contributed by atoms with Gasteiger partial charge < -0.3 is 10.0 Å². The zero-order valence-electron chi connectivity index (χ0n) is 11.1. The Bertz CT molecular complexity index is 418. The number of carboxylic acid groups (broad SMARTS) is 1. The summed E-state index contributed by atoms with van der Waals surface area (Å²) in [4.78, 5) is 13.7. The summed E-state index contributed by atoms with van der Waals surface area (Å²) in [6.45, 7) is 2.15. The molecule has 0 amide bonds. The van der Waals surface area contributed by atoms with Crippen molar-refractivity contribution in [2.75, 3.05) is 11.9 Å². The molecule has 1 aliphatic rings. The van der Waals surface area contributed by atoms with Crippen molar-refractivity contribution in [2.45, 2.75) is 38.1 Å². The van der Waals surface area contributed by atoms with Crippen LogP contribution in [-0.2, 0) is 4.79 Å². The lowest BCUT2D eigenvalue weighted by molar-refractivity contribution is -0.145. The quantitative estimate of drug-likeness (QED) is 0.892. The summed E-state index contributed by atoms with van der Waals surface area (Å²) in [5, 5.41) is 9.70. The number of likely N-dealkylation sites (N-methyl/N-ethyl adjacent to an activating group) is 1. The van der Waals surface area contributed by atoms with Gasteiger partial charge in [-0.05, 0) is 30.9 Å². The van der Waals surface area contributed by atoms with E-state index in [-0.39, 0.29) is 0 Å². The normalized spacial score (nSPS) is 27.8. The Morgan fingerprint density at radius 1 is 1.39 bits per heavy atom. The zero-order chi connectivity index (χ0) is 13.2. The molecule has 1 saturated carbocycles.